The van der Waals surface area contributed by atoms with Gasteiger partial charge >= 0.3 is 6.18 Å². The number of carbonyl (C=O) groups is 1. The van der Waals surface area contributed by atoms with E-state index in [1.165, 1.54) is 41.3 Å². The molecule has 0 unspecified atom stereocenters. The van der Waals surface area contributed by atoms with Crippen LogP contribution in [-0.2, 0) is 12.7 Å². The van der Waals surface area contributed by atoms with Gasteiger partial charge in [0, 0.05) is 11.8 Å². The number of nitrogens with zero attached hydrogens (tertiary/aromatic N) is 2. The Morgan fingerprint density at radius 2 is 1.88 bits per heavy atom. The van der Waals surface area contributed by atoms with Crippen LogP contribution in [-0.4, -0.2) is 15.7 Å². The third-order valence-electron chi connectivity index (χ3n) is 3.58. The van der Waals surface area contributed by atoms with Crippen molar-refractivity contribution in [2.45, 2.75) is 12.7 Å². The van der Waals surface area contributed by atoms with Crippen molar-refractivity contribution in [1.29, 1.82) is 0 Å². The number of hydrogen-bond donors (Lipinski definition) is 1. The predicted octanol–water partition coefficient (Wildman–Crippen LogP) is 4.34. The SMILES string of the molecule is O=C(Nc1cnn(Cc2cccc(F)c2)c1)c1cccc(C(F)(F)F)c1. The Morgan fingerprint density at radius 3 is 2.62 bits per heavy atom. The highest BCUT2D eigenvalue weighted by molar-refractivity contribution is 6.04. The summed E-state index contributed by atoms with van der Waals surface area (Å²) in [6.07, 6.45) is -1.65. The first-order chi connectivity index (χ1) is 12.3. The van der Waals surface area contributed by atoms with Crippen LogP contribution in [0.5, 0.6) is 0 Å². The van der Waals surface area contributed by atoms with Gasteiger partial charge in [0.2, 0.25) is 0 Å². The molecule has 0 radical (unpaired) electrons. The molecule has 0 atom stereocenters. The van der Waals surface area contributed by atoms with Crippen LogP contribution in [0.1, 0.15) is 21.5 Å². The zero-order valence-electron chi connectivity index (χ0n) is 13.3. The fourth-order valence-corrected chi connectivity index (χ4v) is 2.38. The molecular formula is C18H13F4N3O. The molecule has 1 N–H and O–H groups in total. The Balaban J connectivity index is 1.70. The first-order valence-corrected chi connectivity index (χ1v) is 7.57. The summed E-state index contributed by atoms with van der Waals surface area (Å²) in [7, 11) is 0. The number of hydrogen-bond acceptors (Lipinski definition) is 2. The second-order valence-electron chi connectivity index (χ2n) is 5.59. The summed E-state index contributed by atoms with van der Waals surface area (Å²) < 4.78 is 52.8. The maximum absolute atomic E-state index is 13.2. The van der Waals surface area contributed by atoms with Crippen LogP contribution in [0.3, 0.4) is 0 Å². The van der Waals surface area contributed by atoms with Crippen molar-refractivity contribution < 1.29 is 22.4 Å². The lowest BCUT2D eigenvalue weighted by molar-refractivity contribution is -0.137. The number of nitrogens with one attached hydrogen (secondary N) is 1. The summed E-state index contributed by atoms with van der Waals surface area (Å²) in [6.45, 7) is 0.289. The maximum atomic E-state index is 13.2. The molecular weight excluding hydrogens is 350 g/mol. The van der Waals surface area contributed by atoms with Crippen molar-refractivity contribution in [3.05, 3.63) is 83.4 Å². The highest BCUT2D eigenvalue weighted by Gasteiger charge is 2.30. The zero-order chi connectivity index (χ0) is 18.7. The standard InChI is InChI=1S/C18H13F4N3O/c19-15-6-1-3-12(7-15)10-25-11-16(9-23-25)24-17(26)13-4-2-5-14(8-13)18(20,21)22/h1-9,11H,10H2,(H,24,26). The topological polar surface area (TPSA) is 46.9 Å². The van der Waals surface area contributed by atoms with E-state index in [-0.39, 0.29) is 17.9 Å². The molecule has 26 heavy (non-hydrogen) atoms. The van der Waals surface area contributed by atoms with Gasteiger partial charge in [-0.2, -0.15) is 18.3 Å². The fourth-order valence-electron chi connectivity index (χ4n) is 2.38. The molecule has 0 aliphatic rings. The maximum Gasteiger partial charge on any atom is 0.416 e. The van der Waals surface area contributed by atoms with Gasteiger partial charge in [0.15, 0.2) is 0 Å². The molecule has 0 saturated carbocycles. The summed E-state index contributed by atoms with van der Waals surface area (Å²) in [5, 5.41) is 6.53. The van der Waals surface area contributed by atoms with Crippen molar-refractivity contribution in [3.8, 4) is 0 Å². The van der Waals surface area contributed by atoms with E-state index >= 15 is 0 Å². The Morgan fingerprint density at radius 1 is 1.12 bits per heavy atom. The van der Waals surface area contributed by atoms with E-state index in [0.717, 1.165) is 12.1 Å². The minimum absolute atomic E-state index is 0.113. The van der Waals surface area contributed by atoms with Crippen LogP contribution in [0.25, 0.3) is 0 Å². The minimum atomic E-state index is -4.52. The number of amides is 1. The quantitative estimate of drug-likeness (QED) is 0.701. The third-order valence-corrected chi connectivity index (χ3v) is 3.58. The van der Waals surface area contributed by atoms with Crippen molar-refractivity contribution in [3.63, 3.8) is 0 Å². The summed E-state index contributed by atoms with van der Waals surface area (Å²) in [4.78, 5) is 12.1. The van der Waals surface area contributed by atoms with Gasteiger partial charge in [0.25, 0.3) is 5.91 Å². The van der Waals surface area contributed by atoms with Crippen LogP contribution in [0.2, 0.25) is 0 Å². The van der Waals surface area contributed by atoms with Crippen molar-refractivity contribution >= 4 is 11.6 Å². The van der Waals surface area contributed by atoms with Crippen molar-refractivity contribution in [2.24, 2.45) is 0 Å². The Kier molecular flexibility index (Phi) is 4.75. The largest absolute Gasteiger partial charge is 0.416 e. The van der Waals surface area contributed by atoms with Crippen LogP contribution in [0.4, 0.5) is 23.2 Å². The van der Waals surface area contributed by atoms with E-state index in [4.69, 9.17) is 0 Å². The van der Waals surface area contributed by atoms with E-state index < -0.39 is 17.6 Å². The molecule has 1 heterocycles. The van der Waals surface area contributed by atoms with E-state index in [9.17, 15) is 22.4 Å². The predicted molar refractivity (Wildman–Crippen MR) is 87.1 cm³/mol. The van der Waals surface area contributed by atoms with E-state index in [0.29, 0.717) is 11.3 Å². The highest BCUT2D eigenvalue weighted by Crippen LogP contribution is 2.29. The molecule has 0 spiro atoms. The van der Waals surface area contributed by atoms with Gasteiger partial charge in [0.1, 0.15) is 5.82 Å². The summed E-state index contributed by atoms with van der Waals surface area (Å²) in [5.41, 5.74) is -0.00248. The monoisotopic (exact) mass is 363 g/mol. The molecule has 0 aliphatic carbocycles. The summed E-state index contributed by atoms with van der Waals surface area (Å²) >= 11 is 0. The lowest BCUT2D eigenvalue weighted by Gasteiger charge is -2.08. The number of rotatable bonds is 4. The van der Waals surface area contributed by atoms with Crippen LogP contribution >= 0.6 is 0 Å². The highest BCUT2D eigenvalue weighted by atomic mass is 19.4. The lowest BCUT2D eigenvalue weighted by Crippen LogP contribution is -2.13. The van der Waals surface area contributed by atoms with Gasteiger partial charge in [-0.05, 0) is 35.9 Å². The molecule has 0 bridgehead atoms. The smallest absolute Gasteiger partial charge is 0.319 e. The Hall–Kier alpha value is -3.16. The molecule has 0 aliphatic heterocycles. The van der Waals surface area contributed by atoms with Gasteiger partial charge in [-0.25, -0.2) is 4.39 Å². The van der Waals surface area contributed by atoms with Crippen LogP contribution < -0.4 is 5.32 Å². The summed E-state index contributed by atoms with van der Waals surface area (Å²) in [5.74, 6) is -1.05. The first-order valence-electron chi connectivity index (χ1n) is 7.57. The van der Waals surface area contributed by atoms with Crippen LogP contribution in [0, 0.1) is 5.82 Å². The molecule has 0 saturated heterocycles. The van der Waals surface area contributed by atoms with E-state index in [2.05, 4.69) is 10.4 Å². The van der Waals surface area contributed by atoms with Crippen LogP contribution in [0.15, 0.2) is 60.9 Å². The van der Waals surface area contributed by atoms with Gasteiger partial charge < -0.3 is 5.32 Å². The first kappa shape index (κ1) is 17.7. The third kappa shape index (κ3) is 4.27. The van der Waals surface area contributed by atoms with Gasteiger partial charge in [-0.15, -0.1) is 0 Å². The second-order valence-corrected chi connectivity index (χ2v) is 5.59. The molecule has 3 rings (SSSR count). The number of alkyl halides is 3. The van der Waals surface area contributed by atoms with Crippen molar-refractivity contribution in [1.82, 2.24) is 9.78 Å². The summed E-state index contributed by atoms with van der Waals surface area (Å²) in [6, 6.07) is 10.1. The zero-order valence-corrected chi connectivity index (χ0v) is 13.3. The minimum Gasteiger partial charge on any atom is -0.319 e. The average Bonchev–Trinajstić information content (AvgIpc) is 3.01. The number of benzene rings is 2. The number of halogens is 4. The number of anilines is 1. The molecule has 1 amide bonds. The van der Waals surface area contributed by atoms with Gasteiger partial charge in [-0.1, -0.05) is 18.2 Å². The molecule has 4 nitrogen and oxygen atoms in total. The normalized spacial score (nSPS) is 11.4. The lowest BCUT2D eigenvalue weighted by atomic mass is 10.1. The number of aromatic nitrogens is 2. The van der Waals surface area contributed by atoms with Crippen molar-refractivity contribution in [2.75, 3.05) is 5.32 Å². The molecule has 1 aromatic heterocycles. The fraction of sp³-hybridized carbons (Fsp3) is 0.111. The average molecular weight is 363 g/mol. The Labute approximate surface area is 146 Å². The Bertz CT molecular complexity index is 934. The second kappa shape index (κ2) is 6.99. The molecule has 0 fully saturated rings. The van der Waals surface area contributed by atoms with Gasteiger partial charge in [-0.3, -0.25) is 9.48 Å². The van der Waals surface area contributed by atoms with E-state index in [1.54, 1.807) is 12.1 Å². The molecule has 8 heteroatoms. The molecule has 3 aromatic rings. The number of carbonyl (C=O) groups excluding carboxylic acids is 1. The molecule has 134 valence electrons. The van der Waals surface area contributed by atoms with E-state index in [1.807, 2.05) is 0 Å². The molecule has 2 aromatic carbocycles. The van der Waals surface area contributed by atoms with Gasteiger partial charge in [0.05, 0.1) is 24.0 Å².